The van der Waals surface area contributed by atoms with Crippen LogP contribution in [0.2, 0.25) is 0 Å². The Kier molecular flexibility index (Phi) is 3.51. The van der Waals surface area contributed by atoms with Crippen molar-refractivity contribution in [2.75, 3.05) is 6.61 Å². The van der Waals surface area contributed by atoms with Crippen molar-refractivity contribution in [3.63, 3.8) is 0 Å². The van der Waals surface area contributed by atoms with Crippen LogP contribution in [0.15, 0.2) is 54.9 Å². The molecule has 0 saturated carbocycles. The largest absolute Gasteiger partial charge is 0.491 e. The van der Waals surface area contributed by atoms with Crippen LogP contribution in [0.4, 0.5) is 0 Å². The van der Waals surface area contributed by atoms with Crippen molar-refractivity contribution < 1.29 is 9.84 Å². The molecule has 0 aliphatic heterocycles. The lowest BCUT2D eigenvalue weighted by molar-refractivity contribution is 0.108. The van der Waals surface area contributed by atoms with Gasteiger partial charge in [-0.1, -0.05) is 24.3 Å². The topological polar surface area (TPSA) is 42.4 Å². The number of rotatable bonds is 4. The Morgan fingerprint density at radius 3 is 2.62 bits per heavy atom. The van der Waals surface area contributed by atoms with Crippen molar-refractivity contribution in [2.24, 2.45) is 0 Å². The summed E-state index contributed by atoms with van der Waals surface area (Å²) in [6.07, 6.45) is 2.67. The fourth-order valence-corrected chi connectivity index (χ4v) is 1.36. The smallest absolute Gasteiger partial charge is 0.119 e. The second-order valence-corrected chi connectivity index (χ2v) is 3.43. The highest BCUT2D eigenvalue weighted by Gasteiger charge is 2.07. The van der Waals surface area contributed by atoms with Gasteiger partial charge in [0.1, 0.15) is 18.5 Å². The summed E-state index contributed by atoms with van der Waals surface area (Å²) in [6, 6.07) is 13.0. The van der Waals surface area contributed by atoms with Crippen LogP contribution >= 0.6 is 0 Å². The first-order valence-electron chi connectivity index (χ1n) is 5.12. The molecule has 1 heterocycles. The Morgan fingerprint density at radius 1 is 1.12 bits per heavy atom. The van der Waals surface area contributed by atoms with E-state index in [0.717, 1.165) is 11.3 Å². The monoisotopic (exact) mass is 215 g/mol. The SMILES string of the molecule is OC(COc1ccccc1)c1cccnc1. The van der Waals surface area contributed by atoms with Crippen molar-refractivity contribution in [2.45, 2.75) is 6.10 Å². The summed E-state index contributed by atoms with van der Waals surface area (Å²) in [7, 11) is 0. The molecule has 0 amide bonds. The zero-order chi connectivity index (χ0) is 11.2. The fourth-order valence-electron chi connectivity index (χ4n) is 1.36. The summed E-state index contributed by atoms with van der Waals surface area (Å²) in [5, 5.41) is 9.82. The molecule has 0 aliphatic rings. The van der Waals surface area contributed by atoms with Gasteiger partial charge >= 0.3 is 0 Å². The van der Waals surface area contributed by atoms with Gasteiger partial charge in [-0.15, -0.1) is 0 Å². The van der Waals surface area contributed by atoms with Gasteiger partial charge in [-0.05, 0) is 18.2 Å². The molecular formula is C13H13NO2. The lowest BCUT2D eigenvalue weighted by Crippen LogP contribution is -2.09. The Morgan fingerprint density at radius 2 is 1.94 bits per heavy atom. The van der Waals surface area contributed by atoms with E-state index in [1.165, 1.54) is 0 Å². The molecule has 1 aromatic heterocycles. The molecule has 2 rings (SSSR count). The fraction of sp³-hybridized carbons (Fsp3) is 0.154. The molecule has 1 aromatic carbocycles. The van der Waals surface area contributed by atoms with E-state index in [1.807, 2.05) is 36.4 Å². The van der Waals surface area contributed by atoms with Crippen LogP contribution in [0.5, 0.6) is 5.75 Å². The predicted molar refractivity (Wildman–Crippen MR) is 61.1 cm³/mol. The zero-order valence-electron chi connectivity index (χ0n) is 8.78. The Bertz CT molecular complexity index is 416. The van der Waals surface area contributed by atoms with Crippen molar-refractivity contribution in [1.29, 1.82) is 0 Å². The van der Waals surface area contributed by atoms with Crippen LogP contribution < -0.4 is 4.74 Å². The maximum absolute atomic E-state index is 9.82. The third-order valence-corrected chi connectivity index (χ3v) is 2.22. The number of para-hydroxylation sites is 1. The third-order valence-electron chi connectivity index (χ3n) is 2.22. The minimum absolute atomic E-state index is 0.232. The molecule has 1 N–H and O–H groups in total. The van der Waals surface area contributed by atoms with Crippen molar-refractivity contribution >= 4 is 0 Å². The average Bonchev–Trinajstić information content (AvgIpc) is 2.38. The maximum atomic E-state index is 9.82. The summed E-state index contributed by atoms with van der Waals surface area (Å²) >= 11 is 0. The second kappa shape index (κ2) is 5.28. The van der Waals surface area contributed by atoms with Gasteiger partial charge in [0.2, 0.25) is 0 Å². The highest BCUT2D eigenvalue weighted by Crippen LogP contribution is 2.14. The molecule has 0 saturated heterocycles. The normalized spacial score (nSPS) is 12.1. The molecule has 0 bridgehead atoms. The number of aromatic nitrogens is 1. The van der Waals surface area contributed by atoms with E-state index in [1.54, 1.807) is 18.5 Å². The number of benzene rings is 1. The van der Waals surface area contributed by atoms with Gasteiger partial charge in [0.15, 0.2) is 0 Å². The van der Waals surface area contributed by atoms with Crippen LogP contribution in [-0.2, 0) is 0 Å². The molecule has 16 heavy (non-hydrogen) atoms. The summed E-state index contributed by atoms with van der Waals surface area (Å²) in [5.74, 6) is 0.755. The summed E-state index contributed by atoms with van der Waals surface area (Å²) < 4.78 is 5.44. The van der Waals surface area contributed by atoms with Gasteiger partial charge in [-0.3, -0.25) is 4.98 Å². The van der Waals surface area contributed by atoms with E-state index < -0.39 is 6.10 Å². The van der Waals surface area contributed by atoms with Crippen LogP contribution in [-0.4, -0.2) is 16.7 Å². The van der Waals surface area contributed by atoms with Crippen LogP contribution in [0, 0.1) is 0 Å². The first kappa shape index (κ1) is 10.6. The van der Waals surface area contributed by atoms with E-state index in [4.69, 9.17) is 4.74 Å². The summed E-state index contributed by atoms with van der Waals surface area (Å²) in [6.45, 7) is 0.232. The van der Waals surface area contributed by atoms with Crippen LogP contribution in [0.1, 0.15) is 11.7 Å². The summed E-state index contributed by atoms with van der Waals surface area (Å²) in [4.78, 5) is 3.95. The third kappa shape index (κ3) is 2.81. The first-order valence-corrected chi connectivity index (χ1v) is 5.12. The van der Waals surface area contributed by atoms with E-state index in [-0.39, 0.29) is 6.61 Å². The Balaban J connectivity index is 1.92. The van der Waals surface area contributed by atoms with Gasteiger partial charge in [-0.2, -0.15) is 0 Å². The predicted octanol–water partition coefficient (Wildman–Crippen LogP) is 2.19. The van der Waals surface area contributed by atoms with Gasteiger partial charge in [-0.25, -0.2) is 0 Å². The molecular weight excluding hydrogens is 202 g/mol. The highest BCUT2D eigenvalue weighted by atomic mass is 16.5. The van der Waals surface area contributed by atoms with E-state index in [2.05, 4.69) is 4.98 Å². The average molecular weight is 215 g/mol. The molecule has 1 atom stereocenters. The molecule has 1 unspecified atom stereocenters. The zero-order valence-corrected chi connectivity index (χ0v) is 8.78. The number of aliphatic hydroxyl groups is 1. The standard InChI is InChI=1S/C13H13NO2/c15-13(11-5-4-8-14-9-11)10-16-12-6-2-1-3-7-12/h1-9,13,15H,10H2. The number of aliphatic hydroxyl groups excluding tert-OH is 1. The molecule has 0 radical (unpaired) electrons. The lowest BCUT2D eigenvalue weighted by Gasteiger charge is -2.11. The van der Waals surface area contributed by atoms with Crippen LogP contribution in [0.25, 0.3) is 0 Å². The molecule has 3 nitrogen and oxygen atoms in total. The molecule has 0 spiro atoms. The number of pyridine rings is 1. The van der Waals surface area contributed by atoms with Crippen molar-refractivity contribution in [3.8, 4) is 5.75 Å². The quantitative estimate of drug-likeness (QED) is 0.850. The van der Waals surface area contributed by atoms with Crippen molar-refractivity contribution in [1.82, 2.24) is 4.98 Å². The minimum Gasteiger partial charge on any atom is -0.491 e. The first-order chi connectivity index (χ1) is 7.86. The van der Waals surface area contributed by atoms with E-state index in [0.29, 0.717) is 0 Å². The highest BCUT2D eigenvalue weighted by molar-refractivity contribution is 5.21. The van der Waals surface area contributed by atoms with Gasteiger partial charge in [0.25, 0.3) is 0 Å². The second-order valence-electron chi connectivity index (χ2n) is 3.43. The lowest BCUT2D eigenvalue weighted by atomic mass is 10.2. The van der Waals surface area contributed by atoms with E-state index >= 15 is 0 Å². The van der Waals surface area contributed by atoms with E-state index in [9.17, 15) is 5.11 Å². The minimum atomic E-state index is -0.645. The molecule has 82 valence electrons. The molecule has 2 aromatic rings. The number of hydrogen-bond donors (Lipinski definition) is 1. The van der Waals surface area contributed by atoms with Gasteiger partial charge < -0.3 is 9.84 Å². The van der Waals surface area contributed by atoms with Gasteiger partial charge in [0, 0.05) is 18.0 Å². The Hall–Kier alpha value is -1.87. The van der Waals surface area contributed by atoms with Crippen LogP contribution in [0.3, 0.4) is 0 Å². The van der Waals surface area contributed by atoms with Gasteiger partial charge in [0.05, 0.1) is 0 Å². The number of hydrogen-bond acceptors (Lipinski definition) is 3. The maximum Gasteiger partial charge on any atom is 0.119 e. The number of nitrogens with zero attached hydrogens (tertiary/aromatic N) is 1. The number of ether oxygens (including phenoxy) is 1. The Labute approximate surface area is 94.3 Å². The van der Waals surface area contributed by atoms with Crippen molar-refractivity contribution in [3.05, 3.63) is 60.4 Å². The molecule has 0 fully saturated rings. The molecule has 3 heteroatoms. The summed E-state index contributed by atoms with van der Waals surface area (Å²) in [5.41, 5.74) is 0.762. The molecule has 0 aliphatic carbocycles.